The maximum atomic E-state index is 6.07. The van der Waals surface area contributed by atoms with Gasteiger partial charge in [-0.1, -0.05) is 51.0 Å². The monoisotopic (exact) mass is 261 g/mol. The van der Waals surface area contributed by atoms with E-state index in [1.165, 1.54) is 30.4 Å². The van der Waals surface area contributed by atoms with Crippen LogP contribution in [0.2, 0.25) is 0 Å². The second-order valence-electron chi connectivity index (χ2n) is 5.76. The predicted molar refractivity (Wildman–Crippen MR) is 80.4 cm³/mol. The van der Waals surface area contributed by atoms with Gasteiger partial charge in [-0.3, -0.25) is 0 Å². The number of benzene rings is 1. The number of hydrogen-bond donors (Lipinski definition) is 1. The van der Waals surface area contributed by atoms with Crippen molar-refractivity contribution in [1.82, 2.24) is 5.32 Å². The van der Waals surface area contributed by atoms with Gasteiger partial charge in [-0.15, -0.1) is 0 Å². The summed E-state index contributed by atoms with van der Waals surface area (Å²) in [5, 5.41) is 3.48. The number of hydrogen-bond acceptors (Lipinski definition) is 2. The molecule has 3 atom stereocenters. The number of nitrogens with one attached hydrogen (secondary N) is 1. The molecule has 0 bridgehead atoms. The molecule has 1 aromatic rings. The molecule has 0 radical (unpaired) electrons. The maximum absolute atomic E-state index is 6.07. The van der Waals surface area contributed by atoms with E-state index in [4.69, 9.17) is 4.74 Å². The summed E-state index contributed by atoms with van der Waals surface area (Å²) in [5.74, 6) is 0.750. The highest BCUT2D eigenvalue weighted by atomic mass is 16.5. The summed E-state index contributed by atoms with van der Waals surface area (Å²) < 4.78 is 6.07. The van der Waals surface area contributed by atoms with Crippen LogP contribution in [-0.4, -0.2) is 19.7 Å². The van der Waals surface area contributed by atoms with Crippen molar-refractivity contribution in [3.8, 4) is 0 Å². The Morgan fingerprint density at radius 3 is 2.89 bits per heavy atom. The smallest absolute Gasteiger partial charge is 0.0980 e. The van der Waals surface area contributed by atoms with Crippen molar-refractivity contribution < 1.29 is 4.74 Å². The van der Waals surface area contributed by atoms with Crippen LogP contribution in [0.3, 0.4) is 0 Å². The van der Waals surface area contributed by atoms with Crippen LogP contribution in [0.4, 0.5) is 0 Å². The summed E-state index contributed by atoms with van der Waals surface area (Å²) in [6.07, 6.45) is 5.01. The van der Waals surface area contributed by atoms with Gasteiger partial charge < -0.3 is 10.1 Å². The molecule has 2 nitrogen and oxygen atoms in total. The van der Waals surface area contributed by atoms with Crippen LogP contribution in [0.15, 0.2) is 24.3 Å². The van der Waals surface area contributed by atoms with Crippen molar-refractivity contribution in [2.24, 2.45) is 5.92 Å². The fourth-order valence-corrected chi connectivity index (χ4v) is 3.19. The lowest BCUT2D eigenvalue weighted by molar-refractivity contribution is 0.0114. The molecule has 2 heteroatoms. The lowest BCUT2D eigenvalue weighted by Crippen LogP contribution is -2.37. The molecular formula is C17H27NO. The molecule has 1 heterocycles. The first-order valence-electron chi connectivity index (χ1n) is 7.63. The zero-order chi connectivity index (χ0) is 13.7. The Morgan fingerprint density at radius 2 is 2.16 bits per heavy atom. The van der Waals surface area contributed by atoms with Crippen molar-refractivity contribution in [3.63, 3.8) is 0 Å². The molecule has 106 valence electrons. The molecular weight excluding hydrogens is 234 g/mol. The van der Waals surface area contributed by atoms with E-state index in [1.807, 2.05) is 0 Å². The Balaban J connectivity index is 2.11. The van der Waals surface area contributed by atoms with Crippen molar-refractivity contribution in [2.45, 2.75) is 51.7 Å². The minimum absolute atomic E-state index is 0.217. The lowest BCUT2D eigenvalue weighted by Gasteiger charge is -2.33. The highest BCUT2D eigenvalue weighted by Crippen LogP contribution is 2.32. The van der Waals surface area contributed by atoms with E-state index >= 15 is 0 Å². The van der Waals surface area contributed by atoms with Crippen molar-refractivity contribution in [3.05, 3.63) is 35.4 Å². The Hall–Kier alpha value is -0.860. The average Bonchev–Trinajstić information content (AvgIpc) is 2.44. The summed E-state index contributed by atoms with van der Waals surface area (Å²) in [4.78, 5) is 0. The molecule has 0 spiro atoms. The lowest BCUT2D eigenvalue weighted by atomic mass is 9.88. The first kappa shape index (κ1) is 14.5. The third-order valence-electron chi connectivity index (χ3n) is 4.20. The largest absolute Gasteiger partial charge is 0.372 e. The molecule has 0 aliphatic carbocycles. The second kappa shape index (κ2) is 7.06. The van der Waals surface area contributed by atoms with Gasteiger partial charge in [0.2, 0.25) is 0 Å². The molecule has 0 amide bonds. The zero-order valence-corrected chi connectivity index (χ0v) is 12.5. The minimum Gasteiger partial charge on any atom is -0.372 e. The molecule has 0 fully saturated rings. The summed E-state index contributed by atoms with van der Waals surface area (Å²) in [6, 6.07) is 9.15. The van der Waals surface area contributed by atoms with Gasteiger partial charge in [0, 0.05) is 6.04 Å². The summed E-state index contributed by atoms with van der Waals surface area (Å²) in [5.41, 5.74) is 2.85. The second-order valence-corrected chi connectivity index (χ2v) is 5.76. The fourth-order valence-electron chi connectivity index (χ4n) is 3.19. The summed E-state index contributed by atoms with van der Waals surface area (Å²) in [7, 11) is 2.06. The predicted octanol–water partition coefficient (Wildman–Crippen LogP) is 3.71. The average molecular weight is 261 g/mol. The van der Waals surface area contributed by atoms with E-state index in [2.05, 4.69) is 50.5 Å². The van der Waals surface area contributed by atoms with Crippen molar-refractivity contribution >= 4 is 0 Å². The molecule has 1 aromatic carbocycles. The Kier molecular flexibility index (Phi) is 5.41. The van der Waals surface area contributed by atoms with E-state index in [1.54, 1.807) is 0 Å². The highest BCUT2D eigenvalue weighted by molar-refractivity contribution is 5.31. The van der Waals surface area contributed by atoms with Crippen LogP contribution < -0.4 is 5.32 Å². The SMILES string of the molecule is CCCC(C)CC(NC)C1OCCc2ccccc21. The van der Waals surface area contributed by atoms with Gasteiger partial charge in [0.1, 0.15) is 0 Å². The van der Waals surface area contributed by atoms with E-state index in [0.29, 0.717) is 6.04 Å². The van der Waals surface area contributed by atoms with Gasteiger partial charge in [-0.25, -0.2) is 0 Å². The molecule has 1 aliphatic rings. The van der Waals surface area contributed by atoms with E-state index in [-0.39, 0.29) is 6.10 Å². The highest BCUT2D eigenvalue weighted by Gasteiger charge is 2.28. The number of ether oxygens (including phenoxy) is 1. The van der Waals surface area contributed by atoms with Crippen LogP contribution in [0.25, 0.3) is 0 Å². The maximum Gasteiger partial charge on any atom is 0.0980 e. The van der Waals surface area contributed by atoms with E-state index < -0.39 is 0 Å². The van der Waals surface area contributed by atoms with Crippen LogP contribution in [0.1, 0.15) is 50.3 Å². The summed E-state index contributed by atoms with van der Waals surface area (Å²) >= 11 is 0. The topological polar surface area (TPSA) is 21.3 Å². The first-order chi connectivity index (χ1) is 9.26. The molecule has 1 aliphatic heterocycles. The summed E-state index contributed by atoms with van der Waals surface area (Å²) in [6.45, 7) is 5.46. The normalized spacial score (nSPS) is 21.7. The van der Waals surface area contributed by atoms with Gasteiger partial charge in [0.25, 0.3) is 0 Å². The van der Waals surface area contributed by atoms with Crippen LogP contribution in [0.5, 0.6) is 0 Å². The number of rotatable bonds is 6. The zero-order valence-electron chi connectivity index (χ0n) is 12.5. The molecule has 3 unspecified atom stereocenters. The molecule has 19 heavy (non-hydrogen) atoms. The quantitative estimate of drug-likeness (QED) is 0.843. The van der Waals surface area contributed by atoms with Crippen LogP contribution >= 0.6 is 0 Å². The van der Waals surface area contributed by atoms with E-state index in [0.717, 1.165) is 18.9 Å². The van der Waals surface area contributed by atoms with Gasteiger partial charge >= 0.3 is 0 Å². The van der Waals surface area contributed by atoms with Crippen LogP contribution in [-0.2, 0) is 11.2 Å². The minimum atomic E-state index is 0.217. The van der Waals surface area contributed by atoms with Gasteiger partial charge in [0.15, 0.2) is 0 Å². The van der Waals surface area contributed by atoms with Gasteiger partial charge in [-0.2, -0.15) is 0 Å². The number of fused-ring (bicyclic) bond motifs is 1. The third-order valence-corrected chi connectivity index (χ3v) is 4.20. The van der Waals surface area contributed by atoms with Crippen LogP contribution in [0, 0.1) is 5.92 Å². The molecule has 1 N–H and O–H groups in total. The molecule has 0 aromatic heterocycles. The fraction of sp³-hybridized carbons (Fsp3) is 0.647. The van der Waals surface area contributed by atoms with E-state index in [9.17, 15) is 0 Å². The standard InChI is InChI=1S/C17H27NO/c1-4-7-13(2)12-16(18-3)17-15-9-6-5-8-14(15)10-11-19-17/h5-6,8-9,13,16-18H,4,7,10-12H2,1-3H3. The first-order valence-corrected chi connectivity index (χ1v) is 7.63. The molecule has 2 rings (SSSR count). The molecule has 0 saturated carbocycles. The number of likely N-dealkylation sites (N-methyl/N-ethyl adjacent to an activating group) is 1. The Bertz CT molecular complexity index is 391. The van der Waals surface area contributed by atoms with Gasteiger partial charge in [-0.05, 0) is 36.9 Å². The third kappa shape index (κ3) is 3.58. The van der Waals surface area contributed by atoms with Crippen molar-refractivity contribution in [2.75, 3.05) is 13.7 Å². The Morgan fingerprint density at radius 1 is 1.37 bits per heavy atom. The van der Waals surface area contributed by atoms with Gasteiger partial charge in [0.05, 0.1) is 12.7 Å². The van der Waals surface area contributed by atoms with Crippen molar-refractivity contribution in [1.29, 1.82) is 0 Å². The molecule has 0 saturated heterocycles. The Labute approximate surface area is 117 Å².